The van der Waals surface area contributed by atoms with Crippen LogP contribution >= 0.6 is 0 Å². The van der Waals surface area contributed by atoms with Crippen molar-refractivity contribution >= 4 is 11.5 Å². The Kier molecular flexibility index (Phi) is 5.31. The van der Waals surface area contributed by atoms with E-state index in [1.54, 1.807) is 6.92 Å². The van der Waals surface area contributed by atoms with Gasteiger partial charge in [-0.25, -0.2) is 0 Å². The van der Waals surface area contributed by atoms with Crippen LogP contribution in [0.5, 0.6) is 0 Å². The molecule has 0 amide bonds. The van der Waals surface area contributed by atoms with Crippen LogP contribution in [-0.2, 0) is 11.3 Å². The topological polar surface area (TPSA) is 40.5 Å². The Morgan fingerprint density at radius 2 is 2.11 bits per heavy atom. The van der Waals surface area contributed by atoms with Gasteiger partial charge in [0.25, 0.3) is 0 Å². The van der Waals surface area contributed by atoms with Crippen molar-refractivity contribution in [3.8, 4) is 0 Å². The van der Waals surface area contributed by atoms with E-state index in [9.17, 15) is 4.79 Å². The average molecular weight is 261 g/mol. The lowest BCUT2D eigenvalue weighted by molar-refractivity contribution is -0.120. The molecule has 1 aliphatic rings. The van der Waals surface area contributed by atoms with E-state index in [4.69, 9.17) is 5.11 Å². The van der Waals surface area contributed by atoms with E-state index in [2.05, 4.69) is 36.6 Å². The summed E-state index contributed by atoms with van der Waals surface area (Å²) in [5.74, 6) is 0.312. The number of aliphatic hydroxyl groups is 1. The van der Waals surface area contributed by atoms with Gasteiger partial charge in [-0.1, -0.05) is 31.2 Å². The maximum absolute atomic E-state index is 11.3. The van der Waals surface area contributed by atoms with Crippen LogP contribution in [0.1, 0.15) is 30.5 Å². The first-order valence-corrected chi connectivity index (χ1v) is 6.48. The first kappa shape index (κ1) is 15.4. The van der Waals surface area contributed by atoms with E-state index < -0.39 is 0 Å². The summed E-state index contributed by atoms with van der Waals surface area (Å²) in [5, 5.41) is 7.00. The highest BCUT2D eigenvalue weighted by molar-refractivity contribution is 5.78. The summed E-state index contributed by atoms with van der Waals surface area (Å²) in [4.78, 5) is 13.5. The fraction of sp³-hybridized carbons (Fsp3) is 0.438. The molecular weight excluding hydrogens is 238 g/mol. The smallest absolute Gasteiger partial charge is 0.134 e. The molecule has 0 aromatic heterocycles. The van der Waals surface area contributed by atoms with Crippen LogP contribution in [0.15, 0.2) is 24.8 Å². The molecule has 1 aromatic rings. The number of ketones is 1. The molecule has 1 N–H and O–H groups in total. The van der Waals surface area contributed by atoms with Gasteiger partial charge in [0.1, 0.15) is 5.78 Å². The molecule has 1 heterocycles. The second-order valence-electron chi connectivity index (χ2n) is 5.00. The normalized spacial score (nSPS) is 14.6. The fourth-order valence-electron chi connectivity index (χ4n) is 2.20. The number of carbonyl (C=O) groups is 1. The van der Waals surface area contributed by atoms with Crippen LogP contribution in [0.25, 0.3) is 5.70 Å². The summed E-state index contributed by atoms with van der Waals surface area (Å²) in [5.41, 5.74) is 4.86. The lowest BCUT2D eigenvalue weighted by Crippen LogP contribution is -2.25. The first-order chi connectivity index (χ1) is 8.99. The number of hydrogen-bond donors (Lipinski definition) is 1. The molecule has 0 spiro atoms. The molecule has 0 saturated carbocycles. The summed E-state index contributed by atoms with van der Waals surface area (Å²) in [6.45, 7) is 11.5. The summed E-state index contributed by atoms with van der Waals surface area (Å²) in [6, 6.07) is 6.47. The second-order valence-corrected chi connectivity index (χ2v) is 5.00. The molecule has 1 aliphatic heterocycles. The molecule has 2 rings (SSSR count). The van der Waals surface area contributed by atoms with Crippen molar-refractivity contribution in [3.63, 3.8) is 0 Å². The Labute approximate surface area is 115 Å². The van der Waals surface area contributed by atoms with Gasteiger partial charge in [-0.15, -0.1) is 0 Å². The SMILES string of the molecule is C=C1c2cc(C)ccc2CN1CC(C)C(C)=O.CO. The van der Waals surface area contributed by atoms with Crippen LogP contribution in [0.3, 0.4) is 0 Å². The van der Waals surface area contributed by atoms with Crippen molar-refractivity contribution in [1.82, 2.24) is 4.90 Å². The van der Waals surface area contributed by atoms with Gasteiger partial charge in [0, 0.05) is 37.4 Å². The summed E-state index contributed by atoms with van der Waals surface area (Å²) >= 11 is 0. The Balaban J connectivity index is 0.000000861. The number of rotatable bonds is 3. The molecule has 0 aliphatic carbocycles. The quantitative estimate of drug-likeness (QED) is 0.909. The van der Waals surface area contributed by atoms with Crippen molar-refractivity contribution in [2.75, 3.05) is 13.7 Å². The van der Waals surface area contributed by atoms with E-state index >= 15 is 0 Å². The third-order valence-corrected chi connectivity index (χ3v) is 3.51. The molecule has 0 bridgehead atoms. The zero-order valence-electron chi connectivity index (χ0n) is 12.2. The molecule has 3 heteroatoms. The van der Waals surface area contributed by atoms with Crippen molar-refractivity contribution in [3.05, 3.63) is 41.5 Å². The van der Waals surface area contributed by atoms with Crippen LogP contribution in [0, 0.1) is 12.8 Å². The molecule has 0 fully saturated rings. The number of benzene rings is 1. The number of aryl methyl sites for hydroxylation is 1. The Morgan fingerprint density at radius 3 is 2.68 bits per heavy atom. The van der Waals surface area contributed by atoms with Gasteiger partial charge >= 0.3 is 0 Å². The highest BCUT2D eigenvalue weighted by Crippen LogP contribution is 2.32. The molecule has 1 atom stereocenters. The molecule has 0 radical (unpaired) electrons. The Bertz CT molecular complexity index is 480. The highest BCUT2D eigenvalue weighted by atomic mass is 16.2. The van der Waals surface area contributed by atoms with E-state index in [1.165, 1.54) is 16.7 Å². The van der Waals surface area contributed by atoms with E-state index in [-0.39, 0.29) is 11.7 Å². The number of hydrogen-bond acceptors (Lipinski definition) is 3. The second kappa shape index (κ2) is 6.53. The minimum Gasteiger partial charge on any atom is -0.400 e. The van der Waals surface area contributed by atoms with Gasteiger partial charge in [0.05, 0.1) is 0 Å². The lowest BCUT2D eigenvalue weighted by Gasteiger charge is -2.22. The van der Waals surface area contributed by atoms with Crippen molar-refractivity contribution in [2.24, 2.45) is 5.92 Å². The predicted octanol–water partition coefficient (Wildman–Crippen LogP) is 2.61. The average Bonchev–Trinajstić information content (AvgIpc) is 2.69. The van der Waals surface area contributed by atoms with Gasteiger partial charge < -0.3 is 10.0 Å². The number of aliphatic hydroxyl groups excluding tert-OH is 1. The Hall–Kier alpha value is -1.61. The van der Waals surface area contributed by atoms with Crippen LogP contribution in [0.4, 0.5) is 0 Å². The van der Waals surface area contributed by atoms with Gasteiger partial charge in [0.15, 0.2) is 0 Å². The molecule has 0 saturated heterocycles. The maximum atomic E-state index is 11.3. The van der Waals surface area contributed by atoms with Crippen molar-refractivity contribution in [2.45, 2.75) is 27.3 Å². The highest BCUT2D eigenvalue weighted by Gasteiger charge is 2.24. The summed E-state index contributed by atoms with van der Waals surface area (Å²) < 4.78 is 0. The fourth-order valence-corrected chi connectivity index (χ4v) is 2.20. The molecule has 104 valence electrons. The van der Waals surface area contributed by atoms with Crippen molar-refractivity contribution < 1.29 is 9.90 Å². The molecule has 3 nitrogen and oxygen atoms in total. The zero-order chi connectivity index (χ0) is 14.6. The van der Waals surface area contributed by atoms with E-state index in [0.29, 0.717) is 0 Å². The van der Waals surface area contributed by atoms with Crippen LogP contribution < -0.4 is 0 Å². The molecular formula is C16H23NO2. The third kappa shape index (κ3) is 3.44. The predicted molar refractivity (Wildman–Crippen MR) is 78.6 cm³/mol. The zero-order valence-corrected chi connectivity index (χ0v) is 12.2. The third-order valence-electron chi connectivity index (χ3n) is 3.51. The van der Waals surface area contributed by atoms with E-state index in [1.807, 2.05) is 6.92 Å². The molecule has 1 aromatic carbocycles. The van der Waals surface area contributed by atoms with Crippen molar-refractivity contribution in [1.29, 1.82) is 0 Å². The molecule has 19 heavy (non-hydrogen) atoms. The minimum atomic E-state index is 0.0714. The van der Waals surface area contributed by atoms with Gasteiger partial charge in [-0.2, -0.15) is 0 Å². The Morgan fingerprint density at radius 1 is 1.47 bits per heavy atom. The number of fused-ring (bicyclic) bond motifs is 1. The molecule has 1 unspecified atom stereocenters. The van der Waals surface area contributed by atoms with Crippen LogP contribution in [-0.4, -0.2) is 29.4 Å². The first-order valence-electron chi connectivity index (χ1n) is 6.48. The lowest BCUT2D eigenvalue weighted by atomic mass is 10.1. The minimum absolute atomic E-state index is 0.0714. The summed E-state index contributed by atoms with van der Waals surface area (Å²) in [7, 11) is 1.00. The standard InChI is InChI=1S/C15H19NO.CH4O/c1-10-5-6-14-9-16(8-11(2)13(4)17)12(3)15(14)7-10;1-2/h5-7,11H,3,8-9H2,1-2,4H3;2H,1H3. The van der Waals surface area contributed by atoms with Gasteiger partial charge in [0.2, 0.25) is 0 Å². The number of nitrogens with zero attached hydrogens (tertiary/aromatic N) is 1. The van der Waals surface area contributed by atoms with Crippen LogP contribution in [0.2, 0.25) is 0 Å². The monoisotopic (exact) mass is 261 g/mol. The largest absolute Gasteiger partial charge is 0.400 e. The van der Waals surface area contributed by atoms with Gasteiger partial charge in [-0.3, -0.25) is 4.79 Å². The maximum Gasteiger partial charge on any atom is 0.134 e. The number of carbonyl (C=O) groups excluding carboxylic acids is 1. The van der Waals surface area contributed by atoms with E-state index in [0.717, 1.165) is 25.9 Å². The summed E-state index contributed by atoms with van der Waals surface area (Å²) in [6.07, 6.45) is 0. The number of Topliss-reactive ketones (excluding diaryl/α,β-unsaturated/α-hetero) is 1. The van der Waals surface area contributed by atoms with Gasteiger partial charge in [-0.05, 0) is 25.5 Å².